The highest BCUT2D eigenvalue weighted by Gasteiger charge is 2.19. The molecule has 0 aromatic rings. The summed E-state index contributed by atoms with van der Waals surface area (Å²) in [5.74, 6) is -1.18. The van der Waals surface area contributed by atoms with E-state index in [4.69, 9.17) is 5.11 Å². The van der Waals surface area contributed by atoms with Crippen molar-refractivity contribution in [3.63, 3.8) is 0 Å². The number of carboxylic acids is 1. The molecule has 0 heterocycles. The van der Waals surface area contributed by atoms with Crippen LogP contribution in [0.3, 0.4) is 0 Å². The summed E-state index contributed by atoms with van der Waals surface area (Å²) in [6.07, 6.45) is 1.51. The van der Waals surface area contributed by atoms with Crippen molar-refractivity contribution >= 4 is 11.9 Å². The van der Waals surface area contributed by atoms with E-state index in [1.165, 1.54) is 0 Å². The Kier molecular flexibility index (Phi) is 7.54. The molecule has 3 N–H and O–H groups in total. The average Bonchev–Trinajstić information content (AvgIpc) is 2.16. The molecule has 0 aromatic carbocycles. The van der Waals surface area contributed by atoms with Crippen LogP contribution >= 0.6 is 0 Å². The molecule has 0 spiro atoms. The summed E-state index contributed by atoms with van der Waals surface area (Å²) in [4.78, 5) is 22.3. The molecule has 0 rings (SSSR count). The van der Waals surface area contributed by atoms with Gasteiger partial charge in [0.15, 0.2) is 0 Å². The van der Waals surface area contributed by atoms with Gasteiger partial charge in [-0.25, -0.2) is 4.79 Å². The van der Waals surface area contributed by atoms with Crippen molar-refractivity contribution in [1.82, 2.24) is 10.6 Å². The zero-order valence-electron chi connectivity index (χ0n) is 10.2. The molecule has 94 valence electrons. The molecule has 5 nitrogen and oxygen atoms in total. The van der Waals surface area contributed by atoms with Crippen LogP contribution in [0.1, 0.15) is 40.0 Å². The summed E-state index contributed by atoms with van der Waals surface area (Å²) < 4.78 is 0. The Labute approximate surface area is 96.6 Å². The second kappa shape index (κ2) is 8.10. The number of hydrogen-bond acceptors (Lipinski definition) is 3. The normalized spacial score (nSPS) is 14.2. The fraction of sp³-hybridized carbons (Fsp3) is 0.818. The predicted molar refractivity (Wildman–Crippen MR) is 62.2 cm³/mol. The van der Waals surface area contributed by atoms with Crippen molar-refractivity contribution in [1.29, 1.82) is 0 Å². The van der Waals surface area contributed by atoms with E-state index in [0.29, 0.717) is 12.8 Å². The Balaban J connectivity index is 4.04. The molecule has 0 saturated heterocycles. The van der Waals surface area contributed by atoms with Crippen LogP contribution in [-0.4, -0.2) is 35.6 Å². The Morgan fingerprint density at radius 1 is 1.31 bits per heavy atom. The maximum atomic E-state index is 11.5. The summed E-state index contributed by atoms with van der Waals surface area (Å²) in [5.41, 5.74) is 0. The van der Waals surface area contributed by atoms with Crippen LogP contribution in [0.4, 0.5) is 0 Å². The summed E-state index contributed by atoms with van der Waals surface area (Å²) >= 11 is 0. The molecule has 0 bridgehead atoms. The van der Waals surface area contributed by atoms with E-state index in [0.717, 1.165) is 13.0 Å². The van der Waals surface area contributed by atoms with Crippen molar-refractivity contribution in [2.75, 3.05) is 6.54 Å². The van der Waals surface area contributed by atoms with E-state index in [9.17, 15) is 9.59 Å². The first-order chi connectivity index (χ1) is 7.51. The zero-order valence-corrected chi connectivity index (χ0v) is 10.2. The van der Waals surface area contributed by atoms with Gasteiger partial charge in [-0.05, 0) is 19.9 Å². The van der Waals surface area contributed by atoms with Gasteiger partial charge in [-0.15, -0.1) is 0 Å². The van der Waals surface area contributed by atoms with Gasteiger partial charge in [-0.2, -0.15) is 0 Å². The molecule has 0 aliphatic heterocycles. The lowest BCUT2D eigenvalue weighted by molar-refractivity contribution is -0.142. The highest BCUT2D eigenvalue weighted by atomic mass is 16.4. The average molecular weight is 230 g/mol. The lowest BCUT2D eigenvalue weighted by Gasteiger charge is -2.16. The van der Waals surface area contributed by atoms with Crippen molar-refractivity contribution in [3.8, 4) is 0 Å². The molecular weight excluding hydrogens is 208 g/mol. The van der Waals surface area contributed by atoms with Gasteiger partial charge in [0.2, 0.25) is 5.91 Å². The largest absolute Gasteiger partial charge is 0.480 e. The quantitative estimate of drug-likeness (QED) is 0.575. The molecule has 16 heavy (non-hydrogen) atoms. The summed E-state index contributed by atoms with van der Waals surface area (Å²) in [7, 11) is 0. The van der Waals surface area contributed by atoms with E-state index in [1.54, 1.807) is 0 Å². The molecule has 0 saturated carbocycles. The molecule has 0 aliphatic carbocycles. The van der Waals surface area contributed by atoms with Crippen molar-refractivity contribution in [2.45, 2.75) is 52.1 Å². The second-order valence-electron chi connectivity index (χ2n) is 3.91. The van der Waals surface area contributed by atoms with E-state index in [-0.39, 0.29) is 11.9 Å². The Bertz CT molecular complexity index is 231. The van der Waals surface area contributed by atoms with E-state index in [2.05, 4.69) is 10.6 Å². The second-order valence-corrected chi connectivity index (χ2v) is 3.91. The number of aliphatic carboxylic acids is 1. The smallest absolute Gasteiger partial charge is 0.326 e. The van der Waals surface area contributed by atoms with E-state index >= 15 is 0 Å². The standard InChI is InChI=1S/C11H22N2O3/c1-4-6-9(11(15)16)13-10(14)7-8(3)12-5-2/h8-9,12H,4-7H2,1-3H3,(H,13,14)(H,15,16)/t8?,9-/m1/s1. The maximum absolute atomic E-state index is 11.5. The highest BCUT2D eigenvalue weighted by molar-refractivity contribution is 5.83. The van der Waals surface area contributed by atoms with Gasteiger partial charge in [0, 0.05) is 12.5 Å². The van der Waals surface area contributed by atoms with Gasteiger partial charge in [-0.1, -0.05) is 20.3 Å². The van der Waals surface area contributed by atoms with Gasteiger partial charge >= 0.3 is 5.97 Å². The third-order valence-electron chi connectivity index (χ3n) is 2.25. The minimum absolute atomic E-state index is 0.0704. The zero-order chi connectivity index (χ0) is 12.6. The van der Waals surface area contributed by atoms with Crippen LogP contribution < -0.4 is 10.6 Å². The lowest BCUT2D eigenvalue weighted by Crippen LogP contribution is -2.43. The predicted octanol–water partition coefficient (Wildman–Crippen LogP) is 0.744. The third kappa shape index (κ3) is 6.40. The van der Waals surface area contributed by atoms with E-state index in [1.807, 2.05) is 20.8 Å². The lowest BCUT2D eigenvalue weighted by atomic mass is 10.1. The maximum Gasteiger partial charge on any atom is 0.326 e. The Morgan fingerprint density at radius 2 is 1.94 bits per heavy atom. The van der Waals surface area contributed by atoms with Crippen LogP contribution in [0.15, 0.2) is 0 Å². The minimum Gasteiger partial charge on any atom is -0.480 e. The van der Waals surface area contributed by atoms with Gasteiger partial charge < -0.3 is 15.7 Å². The number of carbonyl (C=O) groups excluding carboxylic acids is 1. The number of amides is 1. The molecule has 1 unspecified atom stereocenters. The number of carbonyl (C=O) groups is 2. The van der Waals surface area contributed by atoms with Gasteiger partial charge in [-0.3, -0.25) is 4.79 Å². The summed E-state index contributed by atoms with van der Waals surface area (Å²) in [6.45, 7) is 6.55. The summed E-state index contributed by atoms with van der Waals surface area (Å²) in [5, 5.41) is 14.5. The highest BCUT2D eigenvalue weighted by Crippen LogP contribution is 1.99. The molecule has 5 heteroatoms. The van der Waals surface area contributed by atoms with Crippen LogP contribution in [0.5, 0.6) is 0 Å². The van der Waals surface area contributed by atoms with Gasteiger partial charge in [0.25, 0.3) is 0 Å². The van der Waals surface area contributed by atoms with Crippen molar-refractivity contribution in [3.05, 3.63) is 0 Å². The van der Waals surface area contributed by atoms with Gasteiger partial charge in [0.05, 0.1) is 0 Å². The number of carboxylic acid groups (broad SMARTS) is 1. The molecule has 0 fully saturated rings. The van der Waals surface area contributed by atoms with Crippen LogP contribution in [-0.2, 0) is 9.59 Å². The topological polar surface area (TPSA) is 78.4 Å². The molecule has 1 amide bonds. The van der Waals surface area contributed by atoms with Gasteiger partial charge in [0.1, 0.15) is 6.04 Å². The third-order valence-corrected chi connectivity index (χ3v) is 2.25. The first-order valence-corrected chi connectivity index (χ1v) is 5.76. The Hall–Kier alpha value is -1.10. The monoisotopic (exact) mass is 230 g/mol. The van der Waals surface area contributed by atoms with Crippen LogP contribution in [0.25, 0.3) is 0 Å². The van der Waals surface area contributed by atoms with E-state index < -0.39 is 12.0 Å². The minimum atomic E-state index is -0.966. The molecule has 2 atom stereocenters. The molecule has 0 aromatic heterocycles. The first-order valence-electron chi connectivity index (χ1n) is 5.76. The Morgan fingerprint density at radius 3 is 2.38 bits per heavy atom. The molecule has 0 radical (unpaired) electrons. The number of rotatable bonds is 8. The fourth-order valence-corrected chi connectivity index (χ4v) is 1.50. The van der Waals surface area contributed by atoms with Crippen LogP contribution in [0.2, 0.25) is 0 Å². The summed E-state index contributed by atoms with van der Waals surface area (Å²) in [6, 6.07) is -0.688. The SMILES string of the molecule is CCC[C@@H](NC(=O)CC(C)NCC)C(=O)O. The fourth-order valence-electron chi connectivity index (χ4n) is 1.50. The first kappa shape index (κ1) is 14.9. The molecule has 0 aliphatic rings. The van der Waals surface area contributed by atoms with Crippen molar-refractivity contribution in [2.24, 2.45) is 0 Å². The number of hydrogen-bond donors (Lipinski definition) is 3. The molecular formula is C11H22N2O3. The van der Waals surface area contributed by atoms with Crippen LogP contribution in [0, 0.1) is 0 Å². The number of nitrogens with one attached hydrogen (secondary N) is 2. The van der Waals surface area contributed by atoms with Crippen molar-refractivity contribution < 1.29 is 14.7 Å².